The van der Waals surface area contributed by atoms with Gasteiger partial charge in [0.2, 0.25) is 5.91 Å². The molecule has 20 heavy (non-hydrogen) atoms. The molecule has 3 nitrogen and oxygen atoms in total. The molecule has 1 aliphatic heterocycles. The average Bonchev–Trinajstić information content (AvgIpc) is 3.09. The summed E-state index contributed by atoms with van der Waals surface area (Å²) in [6.07, 6.45) is 1.37. The highest BCUT2D eigenvalue weighted by atomic mass is 19.1. The van der Waals surface area contributed by atoms with E-state index in [1.807, 2.05) is 11.0 Å². The van der Waals surface area contributed by atoms with E-state index in [4.69, 9.17) is 0 Å². The van der Waals surface area contributed by atoms with E-state index in [-0.39, 0.29) is 23.3 Å². The zero-order valence-corrected chi connectivity index (χ0v) is 12.2. The quantitative estimate of drug-likeness (QED) is 0.901. The first-order chi connectivity index (χ1) is 9.32. The summed E-state index contributed by atoms with van der Waals surface area (Å²) in [5, 5.41) is 3.36. The molecular formula is C16H21FN2O. The van der Waals surface area contributed by atoms with Crippen molar-refractivity contribution in [3.05, 3.63) is 35.6 Å². The predicted octanol–water partition coefficient (Wildman–Crippen LogP) is 2.83. The van der Waals surface area contributed by atoms with Gasteiger partial charge in [-0.3, -0.25) is 10.1 Å². The Labute approximate surface area is 119 Å². The summed E-state index contributed by atoms with van der Waals surface area (Å²) in [6, 6.07) is 6.71. The third-order valence-electron chi connectivity index (χ3n) is 3.99. The molecule has 1 aromatic carbocycles. The van der Waals surface area contributed by atoms with Crippen LogP contribution >= 0.6 is 0 Å². The standard InChI is InChI=1S/C16H21FN2O/c1-15(2,3)10-19-13(11-6-4-5-7-12(11)17)18-16(8-9-16)14(19)20/h4-7,13,18H,8-10H2,1-3H3. The van der Waals surface area contributed by atoms with Gasteiger partial charge >= 0.3 is 0 Å². The minimum Gasteiger partial charge on any atom is -0.321 e. The summed E-state index contributed by atoms with van der Waals surface area (Å²) in [5.74, 6) is -0.130. The van der Waals surface area contributed by atoms with Gasteiger partial charge in [0.1, 0.15) is 17.5 Å². The monoisotopic (exact) mass is 276 g/mol. The van der Waals surface area contributed by atoms with E-state index < -0.39 is 5.54 Å². The molecule has 4 heteroatoms. The molecule has 1 saturated carbocycles. The van der Waals surface area contributed by atoms with E-state index in [9.17, 15) is 9.18 Å². The lowest BCUT2D eigenvalue weighted by molar-refractivity contribution is -0.132. The van der Waals surface area contributed by atoms with Crippen molar-refractivity contribution >= 4 is 5.91 Å². The lowest BCUT2D eigenvalue weighted by atomic mass is 9.95. The molecule has 3 rings (SSSR count). The normalized spacial score (nSPS) is 24.5. The molecule has 1 N–H and O–H groups in total. The molecule has 0 aromatic heterocycles. The molecule has 0 radical (unpaired) electrons. The lowest BCUT2D eigenvalue weighted by Gasteiger charge is -2.31. The highest BCUT2D eigenvalue weighted by Gasteiger charge is 2.59. The Morgan fingerprint density at radius 3 is 2.55 bits per heavy atom. The Morgan fingerprint density at radius 2 is 2.00 bits per heavy atom. The molecule has 1 amide bonds. The maximum atomic E-state index is 14.1. The Kier molecular flexibility index (Phi) is 2.91. The van der Waals surface area contributed by atoms with Crippen LogP contribution < -0.4 is 5.32 Å². The van der Waals surface area contributed by atoms with Crippen molar-refractivity contribution in [1.82, 2.24) is 10.2 Å². The summed E-state index contributed by atoms with van der Waals surface area (Å²) in [5.41, 5.74) is 0.133. The number of halogens is 1. The van der Waals surface area contributed by atoms with E-state index in [1.165, 1.54) is 6.07 Å². The first-order valence-electron chi connectivity index (χ1n) is 7.16. The molecule has 2 aliphatic rings. The van der Waals surface area contributed by atoms with E-state index in [0.717, 1.165) is 12.8 Å². The van der Waals surface area contributed by atoms with Crippen LogP contribution in [0.5, 0.6) is 0 Å². The maximum Gasteiger partial charge on any atom is 0.244 e. The van der Waals surface area contributed by atoms with Gasteiger partial charge in [0.15, 0.2) is 0 Å². The first kappa shape index (κ1) is 13.6. The summed E-state index contributed by atoms with van der Waals surface area (Å²) in [6.45, 7) is 6.91. The van der Waals surface area contributed by atoms with Crippen molar-refractivity contribution < 1.29 is 9.18 Å². The number of hydrogen-bond acceptors (Lipinski definition) is 2. The van der Waals surface area contributed by atoms with Crippen molar-refractivity contribution in [2.75, 3.05) is 6.54 Å². The van der Waals surface area contributed by atoms with Gasteiger partial charge in [0.25, 0.3) is 0 Å². The van der Waals surface area contributed by atoms with Crippen LogP contribution in [0.25, 0.3) is 0 Å². The third-order valence-corrected chi connectivity index (χ3v) is 3.99. The van der Waals surface area contributed by atoms with Gasteiger partial charge in [-0.1, -0.05) is 39.0 Å². The zero-order valence-electron chi connectivity index (χ0n) is 12.2. The molecule has 1 spiro atoms. The van der Waals surface area contributed by atoms with E-state index in [1.54, 1.807) is 12.1 Å². The number of nitrogens with zero attached hydrogens (tertiary/aromatic N) is 1. The molecule has 108 valence electrons. The second-order valence-corrected chi connectivity index (χ2v) is 7.14. The molecule has 2 fully saturated rings. The fourth-order valence-electron chi connectivity index (χ4n) is 2.89. The second kappa shape index (κ2) is 4.29. The third kappa shape index (κ3) is 2.22. The molecular weight excluding hydrogens is 255 g/mol. The highest BCUT2D eigenvalue weighted by molar-refractivity contribution is 5.92. The second-order valence-electron chi connectivity index (χ2n) is 7.14. The molecule has 1 atom stereocenters. The SMILES string of the molecule is CC(C)(C)CN1C(=O)C2(CC2)NC1c1ccccc1F. The fourth-order valence-corrected chi connectivity index (χ4v) is 2.89. The first-order valence-corrected chi connectivity index (χ1v) is 7.16. The van der Waals surface area contributed by atoms with Crippen molar-refractivity contribution in [2.45, 2.75) is 45.3 Å². The number of nitrogens with one attached hydrogen (secondary N) is 1. The summed E-state index contributed by atoms with van der Waals surface area (Å²) >= 11 is 0. The topological polar surface area (TPSA) is 32.3 Å². The summed E-state index contributed by atoms with van der Waals surface area (Å²) < 4.78 is 14.1. The van der Waals surface area contributed by atoms with Crippen LogP contribution in [0.15, 0.2) is 24.3 Å². The molecule has 1 saturated heterocycles. The van der Waals surface area contributed by atoms with E-state index >= 15 is 0 Å². The van der Waals surface area contributed by atoms with Crippen molar-refractivity contribution in [3.63, 3.8) is 0 Å². The molecule has 0 bridgehead atoms. The number of amides is 1. The Morgan fingerprint density at radius 1 is 1.35 bits per heavy atom. The van der Waals surface area contributed by atoms with Crippen molar-refractivity contribution in [1.29, 1.82) is 0 Å². The average molecular weight is 276 g/mol. The van der Waals surface area contributed by atoms with Crippen LogP contribution in [0.1, 0.15) is 45.3 Å². The van der Waals surface area contributed by atoms with Crippen LogP contribution in [0.3, 0.4) is 0 Å². The maximum absolute atomic E-state index is 14.1. The van der Waals surface area contributed by atoms with Crippen LogP contribution in [-0.4, -0.2) is 22.9 Å². The number of carbonyl (C=O) groups is 1. The van der Waals surface area contributed by atoms with E-state index in [0.29, 0.717) is 12.1 Å². The summed E-state index contributed by atoms with van der Waals surface area (Å²) in [4.78, 5) is 14.4. The Bertz CT molecular complexity index is 546. The van der Waals surface area contributed by atoms with Gasteiger partial charge < -0.3 is 4.90 Å². The van der Waals surface area contributed by atoms with Gasteiger partial charge in [-0.15, -0.1) is 0 Å². The Hall–Kier alpha value is -1.42. The molecule has 1 heterocycles. The predicted molar refractivity (Wildman–Crippen MR) is 75.4 cm³/mol. The molecule has 1 unspecified atom stereocenters. The van der Waals surface area contributed by atoms with Crippen molar-refractivity contribution in [2.24, 2.45) is 5.41 Å². The number of hydrogen-bond donors (Lipinski definition) is 1. The number of benzene rings is 1. The van der Waals surface area contributed by atoms with Crippen LogP contribution in [0.2, 0.25) is 0 Å². The van der Waals surface area contributed by atoms with Gasteiger partial charge in [-0.25, -0.2) is 4.39 Å². The number of carbonyl (C=O) groups excluding carboxylic acids is 1. The van der Waals surface area contributed by atoms with Gasteiger partial charge in [-0.2, -0.15) is 0 Å². The number of rotatable bonds is 2. The zero-order chi connectivity index (χ0) is 14.5. The minimum atomic E-state index is -0.418. The Balaban J connectivity index is 1.96. The molecule has 1 aliphatic carbocycles. The van der Waals surface area contributed by atoms with Gasteiger partial charge in [0, 0.05) is 12.1 Å². The van der Waals surface area contributed by atoms with Crippen LogP contribution in [-0.2, 0) is 4.79 Å². The minimum absolute atomic E-state index is 0.0126. The van der Waals surface area contributed by atoms with Crippen LogP contribution in [0, 0.1) is 11.2 Å². The summed E-state index contributed by atoms with van der Waals surface area (Å²) in [7, 11) is 0. The van der Waals surface area contributed by atoms with Crippen molar-refractivity contribution in [3.8, 4) is 0 Å². The largest absolute Gasteiger partial charge is 0.321 e. The highest BCUT2D eigenvalue weighted by Crippen LogP contribution is 2.46. The lowest BCUT2D eigenvalue weighted by Crippen LogP contribution is -2.38. The smallest absolute Gasteiger partial charge is 0.244 e. The van der Waals surface area contributed by atoms with Crippen LogP contribution in [0.4, 0.5) is 4.39 Å². The van der Waals surface area contributed by atoms with Gasteiger partial charge in [0.05, 0.1) is 0 Å². The fraction of sp³-hybridized carbons (Fsp3) is 0.562. The molecule has 1 aromatic rings. The van der Waals surface area contributed by atoms with E-state index in [2.05, 4.69) is 26.1 Å². The van der Waals surface area contributed by atoms with Gasteiger partial charge in [-0.05, 0) is 24.3 Å².